The molecule has 0 bridgehead atoms. The van der Waals surface area contributed by atoms with Gasteiger partial charge < -0.3 is 10.1 Å². The van der Waals surface area contributed by atoms with Crippen molar-refractivity contribution in [2.24, 2.45) is 5.14 Å². The highest BCUT2D eigenvalue weighted by atomic mass is 32.2. The Morgan fingerprint density at radius 1 is 1.11 bits per heavy atom. The molecule has 0 aliphatic carbocycles. The smallest absolute Gasteiger partial charge is 0.359 e. The van der Waals surface area contributed by atoms with Crippen LogP contribution in [0.2, 0.25) is 0 Å². The molecule has 0 spiro atoms. The van der Waals surface area contributed by atoms with Crippen LogP contribution in [0.4, 0.5) is 5.69 Å². The highest BCUT2D eigenvalue weighted by Crippen LogP contribution is 2.15. The number of carbonyl (C=O) groups is 2. The molecule has 0 aliphatic heterocycles. The lowest BCUT2D eigenvalue weighted by molar-refractivity contribution is -0.123. The van der Waals surface area contributed by atoms with Gasteiger partial charge in [0.25, 0.3) is 5.91 Å². The summed E-state index contributed by atoms with van der Waals surface area (Å²) in [5, 5.41) is 7.53. The Bertz CT molecular complexity index is 1160. The fourth-order valence-corrected chi connectivity index (χ4v) is 2.88. The molecule has 0 radical (unpaired) electrons. The Labute approximate surface area is 160 Å². The molecule has 1 aromatic heterocycles. The van der Waals surface area contributed by atoms with E-state index in [9.17, 15) is 18.0 Å². The molecule has 0 fully saturated rings. The summed E-state index contributed by atoms with van der Waals surface area (Å²) in [6, 6.07) is 12.4. The number of nitrogens with one attached hydrogen (secondary N) is 1. The van der Waals surface area contributed by atoms with Gasteiger partial charge in [-0.2, -0.15) is 0 Å². The quantitative estimate of drug-likeness (QED) is 0.618. The molecule has 1 amide bonds. The fraction of sp³-hybridized carbons (Fsp3) is 0.111. The van der Waals surface area contributed by atoms with Crippen molar-refractivity contribution in [2.75, 3.05) is 5.32 Å². The van der Waals surface area contributed by atoms with Gasteiger partial charge in [0.2, 0.25) is 10.0 Å². The molecule has 0 aliphatic rings. The Morgan fingerprint density at radius 3 is 2.54 bits per heavy atom. The van der Waals surface area contributed by atoms with Gasteiger partial charge in [0.1, 0.15) is 0 Å². The molecule has 9 nitrogen and oxygen atoms in total. The largest absolute Gasteiger partial charge is 0.448 e. The van der Waals surface area contributed by atoms with E-state index in [1.807, 2.05) is 0 Å². The fourth-order valence-electron chi connectivity index (χ4n) is 2.32. The predicted molar refractivity (Wildman–Crippen MR) is 101 cm³/mol. The third kappa shape index (κ3) is 4.48. The number of amides is 1. The molecule has 2 aromatic carbocycles. The summed E-state index contributed by atoms with van der Waals surface area (Å²) >= 11 is 0. The SMILES string of the molecule is CC(OC(=O)c1cnc2ccccc2n1)C(=O)Nc1cccc(S(N)(=O)=O)c1. The number of nitrogens with zero attached hydrogens (tertiary/aromatic N) is 2. The number of para-hydroxylation sites is 2. The lowest BCUT2D eigenvalue weighted by Gasteiger charge is -2.13. The third-order valence-corrected chi connectivity index (χ3v) is 4.65. The highest BCUT2D eigenvalue weighted by Gasteiger charge is 2.21. The normalized spacial score (nSPS) is 12.4. The molecule has 1 atom stereocenters. The molecule has 0 saturated heterocycles. The summed E-state index contributed by atoms with van der Waals surface area (Å²) in [5.74, 6) is -1.45. The van der Waals surface area contributed by atoms with E-state index in [0.29, 0.717) is 11.0 Å². The second-order valence-corrected chi connectivity index (χ2v) is 7.42. The molecule has 3 aromatic rings. The minimum atomic E-state index is -3.91. The highest BCUT2D eigenvalue weighted by molar-refractivity contribution is 7.89. The van der Waals surface area contributed by atoms with Gasteiger partial charge in [-0.3, -0.25) is 9.78 Å². The molecule has 3 rings (SSSR count). The Kier molecular flexibility index (Phi) is 5.34. The summed E-state index contributed by atoms with van der Waals surface area (Å²) in [7, 11) is -3.91. The van der Waals surface area contributed by atoms with Crippen LogP contribution in [-0.2, 0) is 19.6 Å². The topological polar surface area (TPSA) is 141 Å². The van der Waals surface area contributed by atoms with Crippen LogP contribution in [0.25, 0.3) is 11.0 Å². The molecule has 10 heteroatoms. The van der Waals surface area contributed by atoms with Gasteiger partial charge in [-0.25, -0.2) is 23.3 Å². The summed E-state index contributed by atoms with van der Waals surface area (Å²) in [5.41, 5.74) is 1.31. The number of anilines is 1. The van der Waals surface area contributed by atoms with Crippen molar-refractivity contribution in [1.29, 1.82) is 0 Å². The van der Waals surface area contributed by atoms with E-state index >= 15 is 0 Å². The van der Waals surface area contributed by atoms with Crippen molar-refractivity contribution in [1.82, 2.24) is 9.97 Å². The van der Waals surface area contributed by atoms with E-state index in [1.165, 1.54) is 37.4 Å². The average Bonchev–Trinajstić information content (AvgIpc) is 2.67. The zero-order valence-electron chi connectivity index (χ0n) is 14.7. The first-order valence-corrected chi connectivity index (χ1v) is 9.65. The number of esters is 1. The first-order valence-electron chi connectivity index (χ1n) is 8.10. The van der Waals surface area contributed by atoms with Crippen molar-refractivity contribution in [2.45, 2.75) is 17.9 Å². The van der Waals surface area contributed by atoms with Gasteiger partial charge in [0, 0.05) is 5.69 Å². The minimum absolute atomic E-state index is 0.0328. The van der Waals surface area contributed by atoms with Crippen molar-refractivity contribution >= 4 is 38.6 Å². The lowest BCUT2D eigenvalue weighted by atomic mass is 10.3. The second-order valence-electron chi connectivity index (χ2n) is 5.85. The van der Waals surface area contributed by atoms with Crippen LogP contribution in [0.5, 0.6) is 0 Å². The van der Waals surface area contributed by atoms with E-state index in [2.05, 4.69) is 15.3 Å². The predicted octanol–water partition coefficient (Wildman–Crippen LogP) is 1.46. The Morgan fingerprint density at radius 2 is 1.82 bits per heavy atom. The van der Waals surface area contributed by atoms with Crippen LogP contribution in [0.3, 0.4) is 0 Å². The minimum Gasteiger partial charge on any atom is -0.448 e. The van der Waals surface area contributed by atoms with Crippen LogP contribution in [-0.4, -0.2) is 36.4 Å². The average molecular weight is 400 g/mol. The molecular weight excluding hydrogens is 384 g/mol. The summed E-state index contributed by atoms with van der Waals surface area (Å²) < 4.78 is 27.9. The van der Waals surface area contributed by atoms with Gasteiger partial charge in [0.15, 0.2) is 11.8 Å². The zero-order chi connectivity index (χ0) is 20.3. The maximum absolute atomic E-state index is 12.2. The Balaban J connectivity index is 1.68. The number of ether oxygens (including phenoxy) is 1. The zero-order valence-corrected chi connectivity index (χ0v) is 15.5. The summed E-state index contributed by atoms with van der Waals surface area (Å²) in [4.78, 5) is 32.6. The number of nitrogens with two attached hydrogens (primary N) is 1. The summed E-state index contributed by atoms with van der Waals surface area (Å²) in [6.45, 7) is 1.38. The molecule has 144 valence electrons. The van der Waals surface area contributed by atoms with Crippen LogP contribution in [0.15, 0.2) is 59.6 Å². The van der Waals surface area contributed by atoms with E-state index in [4.69, 9.17) is 9.88 Å². The lowest BCUT2D eigenvalue weighted by Crippen LogP contribution is -2.30. The van der Waals surface area contributed by atoms with Crippen LogP contribution >= 0.6 is 0 Å². The van der Waals surface area contributed by atoms with Crippen LogP contribution in [0.1, 0.15) is 17.4 Å². The maximum atomic E-state index is 12.2. The number of rotatable bonds is 5. The number of fused-ring (bicyclic) bond motifs is 1. The molecular formula is C18H16N4O5S. The van der Waals surface area contributed by atoms with Crippen molar-refractivity contribution in [3.05, 3.63) is 60.4 Å². The maximum Gasteiger partial charge on any atom is 0.359 e. The standard InChI is InChI=1S/C18H16N4O5S/c1-11(17(23)21-12-5-4-6-13(9-12)28(19,25)26)27-18(24)16-10-20-14-7-2-3-8-15(14)22-16/h2-11H,1H3,(H,21,23)(H2,19,25,26). The number of primary sulfonamides is 1. The molecule has 1 unspecified atom stereocenters. The first-order chi connectivity index (χ1) is 13.2. The monoisotopic (exact) mass is 400 g/mol. The molecule has 3 N–H and O–H groups in total. The third-order valence-electron chi connectivity index (χ3n) is 3.74. The molecule has 28 heavy (non-hydrogen) atoms. The van der Waals surface area contributed by atoms with E-state index < -0.39 is 28.0 Å². The van der Waals surface area contributed by atoms with Gasteiger partial charge in [0.05, 0.1) is 22.1 Å². The van der Waals surface area contributed by atoms with Crippen molar-refractivity contribution in [3.63, 3.8) is 0 Å². The number of hydrogen-bond donors (Lipinski definition) is 2. The van der Waals surface area contributed by atoms with Gasteiger partial charge >= 0.3 is 5.97 Å². The van der Waals surface area contributed by atoms with Gasteiger partial charge in [-0.1, -0.05) is 18.2 Å². The molecule has 0 saturated carbocycles. The van der Waals surface area contributed by atoms with E-state index in [-0.39, 0.29) is 16.3 Å². The molecule has 1 heterocycles. The first kappa shape index (κ1) is 19.4. The van der Waals surface area contributed by atoms with Crippen molar-refractivity contribution < 1.29 is 22.7 Å². The number of carbonyl (C=O) groups excluding carboxylic acids is 2. The van der Waals surface area contributed by atoms with E-state index in [1.54, 1.807) is 24.3 Å². The Hall–Kier alpha value is -3.37. The number of sulfonamides is 1. The van der Waals surface area contributed by atoms with Crippen molar-refractivity contribution in [3.8, 4) is 0 Å². The number of benzene rings is 2. The van der Waals surface area contributed by atoms with Gasteiger partial charge in [-0.15, -0.1) is 0 Å². The van der Waals surface area contributed by atoms with Gasteiger partial charge in [-0.05, 0) is 37.3 Å². The number of aromatic nitrogens is 2. The second kappa shape index (κ2) is 7.71. The van der Waals surface area contributed by atoms with E-state index in [0.717, 1.165) is 0 Å². The van der Waals surface area contributed by atoms with Crippen LogP contribution in [0, 0.1) is 0 Å². The summed E-state index contributed by atoms with van der Waals surface area (Å²) in [6.07, 6.45) is 0.115. The number of hydrogen-bond acceptors (Lipinski definition) is 7. The van der Waals surface area contributed by atoms with Crippen LogP contribution < -0.4 is 10.5 Å².